The van der Waals surface area contributed by atoms with E-state index in [1.165, 1.54) is 31.2 Å². The summed E-state index contributed by atoms with van der Waals surface area (Å²) in [5.74, 6) is 0.950. The van der Waals surface area contributed by atoms with Crippen LogP contribution in [0, 0.1) is 0 Å². The van der Waals surface area contributed by atoms with Crippen LogP contribution in [0.2, 0.25) is 0 Å². The van der Waals surface area contributed by atoms with Gasteiger partial charge in [-0.3, -0.25) is 4.79 Å². The molecular formula is C16H21NO. The fourth-order valence-electron chi connectivity index (χ4n) is 3.26. The molecule has 1 aliphatic heterocycles. The van der Waals surface area contributed by atoms with Crippen LogP contribution in [0.3, 0.4) is 0 Å². The van der Waals surface area contributed by atoms with E-state index < -0.39 is 0 Å². The lowest BCUT2D eigenvalue weighted by Crippen LogP contribution is -2.27. The summed E-state index contributed by atoms with van der Waals surface area (Å²) >= 11 is 0. The molecule has 3 rings (SSSR count). The molecule has 2 aliphatic rings. The molecule has 0 spiro atoms. The molecule has 0 atom stereocenters. The van der Waals surface area contributed by atoms with Crippen molar-refractivity contribution in [2.75, 3.05) is 13.1 Å². The normalized spacial score (nSPS) is 20.6. The van der Waals surface area contributed by atoms with Crippen LogP contribution in [0.15, 0.2) is 24.3 Å². The Morgan fingerprint density at radius 2 is 1.56 bits per heavy atom. The van der Waals surface area contributed by atoms with Crippen LogP contribution in [-0.2, 0) is 0 Å². The summed E-state index contributed by atoms with van der Waals surface area (Å²) in [7, 11) is 0. The summed E-state index contributed by atoms with van der Waals surface area (Å²) in [5, 5.41) is 0. The fraction of sp³-hybridized carbons (Fsp3) is 0.562. The molecule has 1 saturated carbocycles. The number of nitrogens with zero attached hydrogens (tertiary/aromatic N) is 1. The van der Waals surface area contributed by atoms with Gasteiger partial charge in [0.05, 0.1) is 0 Å². The highest BCUT2D eigenvalue weighted by Gasteiger charge is 2.20. The minimum atomic E-state index is 0.213. The van der Waals surface area contributed by atoms with Crippen LogP contribution in [0.5, 0.6) is 0 Å². The Hall–Kier alpha value is -1.31. The summed E-state index contributed by atoms with van der Waals surface area (Å²) in [6, 6.07) is 8.38. The molecule has 0 unspecified atom stereocenters. The van der Waals surface area contributed by atoms with Crippen molar-refractivity contribution in [3.8, 4) is 0 Å². The van der Waals surface area contributed by atoms with Gasteiger partial charge in [0.2, 0.25) is 0 Å². The molecule has 2 nitrogen and oxygen atoms in total. The number of carbonyl (C=O) groups is 1. The minimum Gasteiger partial charge on any atom is -0.339 e. The molecule has 1 aromatic rings. The maximum Gasteiger partial charge on any atom is 0.253 e. The average molecular weight is 243 g/mol. The van der Waals surface area contributed by atoms with Crippen LogP contribution < -0.4 is 0 Å². The topological polar surface area (TPSA) is 20.3 Å². The summed E-state index contributed by atoms with van der Waals surface area (Å²) < 4.78 is 0. The van der Waals surface area contributed by atoms with E-state index in [0.717, 1.165) is 37.4 Å². The van der Waals surface area contributed by atoms with Gasteiger partial charge in [-0.05, 0) is 49.3 Å². The molecule has 1 amide bonds. The quantitative estimate of drug-likeness (QED) is 0.777. The highest BCUT2D eigenvalue weighted by Crippen LogP contribution is 2.34. The zero-order valence-corrected chi connectivity index (χ0v) is 10.9. The van der Waals surface area contributed by atoms with Crippen LogP contribution >= 0.6 is 0 Å². The lowest BCUT2D eigenvalue weighted by Gasteiger charge is -2.16. The van der Waals surface area contributed by atoms with Crippen molar-refractivity contribution in [2.45, 2.75) is 44.4 Å². The average Bonchev–Trinajstić information content (AvgIpc) is 3.11. The molecule has 1 aromatic carbocycles. The standard InChI is InChI=1S/C16H21NO/c18-16(17-11-3-4-12-17)15-9-7-14(8-10-15)13-5-1-2-6-13/h7-10,13H,1-6,11-12H2. The van der Waals surface area contributed by atoms with Crippen molar-refractivity contribution >= 4 is 5.91 Å². The van der Waals surface area contributed by atoms with E-state index in [9.17, 15) is 4.79 Å². The van der Waals surface area contributed by atoms with E-state index in [-0.39, 0.29) is 5.91 Å². The Kier molecular flexibility index (Phi) is 3.35. The van der Waals surface area contributed by atoms with Gasteiger partial charge in [-0.1, -0.05) is 25.0 Å². The van der Waals surface area contributed by atoms with Gasteiger partial charge in [-0.2, -0.15) is 0 Å². The van der Waals surface area contributed by atoms with Gasteiger partial charge >= 0.3 is 0 Å². The number of rotatable bonds is 2. The van der Waals surface area contributed by atoms with Gasteiger partial charge in [0.1, 0.15) is 0 Å². The first-order valence-corrected chi connectivity index (χ1v) is 7.24. The van der Waals surface area contributed by atoms with Crippen molar-refractivity contribution in [1.82, 2.24) is 4.90 Å². The van der Waals surface area contributed by atoms with Crippen molar-refractivity contribution in [1.29, 1.82) is 0 Å². The first-order chi connectivity index (χ1) is 8.84. The number of benzene rings is 1. The van der Waals surface area contributed by atoms with E-state index in [4.69, 9.17) is 0 Å². The van der Waals surface area contributed by atoms with Crippen LogP contribution in [0.4, 0.5) is 0 Å². The molecule has 2 fully saturated rings. The monoisotopic (exact) mass is 243 g/mol. The van der Waals surface area contributed by atoms with Gasteiger partial charge in [0.15, 0.2) is 0 Å². The second-order valence-electron chi connectivity index (χ2n) is 5.60. The Morgan fingerprint density at radius 1 is 0.944 bits per heavy atom. The molecule has 1 saturated heterocycles. The number of carbonyl (C=O) groups excluding carboxylic acids is 1. The molecule has 0 aromatic heterocycles. The van der Waals surface area contributed by atoms with Crippen molar-refractivity contribution < 1.29 is 4.79 Å². The predicted molar refractivity (Wildman–Crippen MR) is 72.8 cm³/mol. The van der Waals surface area contributed by atoms with Crippen molar-refractivity contribution in [3.63, 3.8) is 0 Å². The summed E-state index contributed by atoms with van der Waals surface area (Å²) in [5.41, 5.74) is 2.28. The molecular weight excluding hydrogens is 222 g/mol. The van der Waals surface area contributed by atoms with Crippen molar-refractivity contribution in [3.05, 3.63) is 35.4 Å². The molecule has 2 heteroatoms. The first-order valence-electron chi connectivity index (χ1n) is 7.24. The first kappa shape index (κ1) is 11.8. The Labute approximate surface area is 109 Å². The SMILES string of the molecule is O=C(c1ccc(C2CCCC2)cc1)N1CCCC1. The maximum atomic E-state index is 12.2. The van der Waals surface area contributed by atoms with Crippen LogP contribution in [-0.4, -0.2) is 23.9 Å². The Bertz CT molecular complexity index is 411. The summed E-state index contributed by atoms with van der Waals surface area (Å²) in [4.78, 5) is 14.2. The minimum absolute atomic E-state index is 0.213. The second kappa shape index (κ2) is 5.13. The van der Waals surface area contributed by atoms with Gasteiger partial charge in [0.25, 0.3) is 5.91 Å². The Balaban J connectivity index is 1.71. The predicted octanol–water partition coefficient (Wildman–Crippen LogP) is 3.58. The maximum absolute atomic E-state index is 12.2. The zero-order chi connectivity index (χ0) is 12.4. The van der Waals surface area contributed by atoms with Crippen LogP contribution in [0.25, 0.3) is 0 Å². The third-order valence-corrected chi connectivity index (χ3v) is 4.38. The largest absolute Gasteiger partial charge is 0.339 e. The molecule has 0 N–H and O–H groups in total. The second-order valence-corrected chi connectivity index (χ2v) is 5.60. The molecule has 0 radical (unpaired) electrons. The van der Waals surface area contributed by atoms with E-state index >= 15 is 0 Å². The number of hydrogen-bond donors (Lipinski definition) is 0. The van der Waals surface area contributed by atoms with E-state index in [1.807, 2.05) is 17.0 Å². The third-order valence-electron chi connectivity index (χ3n) is 4.38. The lowest BCUT2D eigenvalue weighted by molar-refractivity contribution is 0.0793. The third kappa shape index (κ3) is 2.29. The summed E-state index contributed by atoms with van der Waals surface area (Å²) in [6.45, 7) is 1.87. The molecule has 0 bridgehead atoms. The number of hydrogen-bond acceptors (Lipinski definition) is 1. The lowest BCUT2D eigenvalue weighted by atomic mass is 9.96. The van der Waals surface area contributed by atoms with Gasteiger partial charge in [-0.15, -0.1) is 0 Å². The van der Waals surface area contributed by atoms with Gasteiger partial charge in [0, 0.05) is 18.7 Å². The van der Waals surface area contributed by atoms with Gasteiger partial charge < -0.3 is 4.90 Å². The molecule has 96 valence electrons. The van der Waals surface area contributed by atoms with Crippen molar-refractivity contribution in [2.24, 2.45) is 0 Å². The zero-order valence-electron chi connectivity index (χ0n) is 10.9. The number of amides is 1. The van der Waals surface area contributed by atoms with E-state index in [2.05, 4.69) is 12.1 Å². The molecule has 18 heavy (non-hydrogen) atoms. The fourth-order valence-corrected chi connectivity index (χ4v) is 3.26. The summed E-state index contributed by atoms with van der Waals surface area (Å²) in [6.07, 6.45) is 7.68. The van der Waals surface area contributed by atoms with Crippen LogP contribution in [0.1, 0.15) is 60.4 Å². The van der Waals surface area contributed by atoms with Gasteiger partial charge in [-0.25, -0.2) is 0 Å². The molecule has 1 heterocycles. The molecule has 1 aliphatic carbocycles. The smallest absolute Gasteiger partial charge is 0.253 e. The number of likely N-dealkylation sites (tertiary alicyclic amines) is 1. The highest BCUT2D eigenvalue weighted by molar-refractivity contribution is 5.94. The van der Waals surface area contributed by atoms with E-state index in [1.54, 1.807) is 0 Å². The Morgan fingerprint density at radius 3 is 2.17 bits per heavy atom. The van der Waals surface area contributed by atoms with E-state index in [0.29, 0.717) is 0 Å². The highest BCUT2D eigenvalue weighted by atomic mass is 16.2.